The van der Waals surface area contributed by atoms with Gasteiger partial charge in [0.25, 0.3) is 0 Å². The van der Waals surface area contributed by atoms with Crippen molar-refractivity contribution < 1.29 is 0 Å². The van der Waals surface area contributed by atoms with Crippen molar-refractivity contribution in [2.24, 2.45) is 11.7 Å². The third-order valence-electron chi connectivity index (χ3n) is 5.07. The van der Waals surface area contributed by atoms with Crippen LogP contribution in [-0.4, -0.2) is 30.1 Å². The Balaban J connectivity index is 1.75. The van der Waals surface area contributed by atoms with Gasteiger partial charge in [-0.2, -0.15) is 0 Å². The van der Waals surface area contributed by atoms with Gasteiger partial charge in [-0.15, -0.1) is 0 Å². The van der Waals surface area contributed by atoms with Crippen molar-refractivity contribution >= 4 is 0 Å². The minimum Gasteiger partial charge on any atom is -0.327 e. The number of hydrogen-bond acceptors (Lipinski definition) is 2. The third kappa shape index (κ3) is 2.70. The second-order valence-electron chi connectivity index (χ2n) is 6.68. The molecule has 1 aromatic rings. The lowest BCUT2D eigenvalue weighted by Crippen LogP contribution is -2.55. The summed E-state index contributed by atoms with van der Waals surface area (Å²) in [7, 11) is 0. The predicted octanol–water partition coefficient (Wildman–Crippen LogP) is 2.91. The normalized spacial score (nSPS) is 35.9. The zero-order valence-corrected chi connectivity index (χ0v) is 12.2. The average Bonchev–Trinajstić information content (AvgIpc) is 2.36. The molecule has 104 valence electrons. The molecule has 3 rings (SSSR count). The van der Waals surface area contributed by atoms with Crippen LogP contribution in [0.4, 0.5) is 0 Å². The summed E-state index contributed by atoms with van der Waals surface area (Å²) in [4.78, 5) is 2.66. The molecular formula is C17H26N2. The number of likely N-dealkylation sites (tertiary alicyclic amines) is 1. The fraction of sp³-hybridized carbons (Fsp3) is 0.647. The van der Waals surface area contributed by atoms with E-state index < -0.39 is 0 Å². The summed E-state index contributed by atoms with van der Waals surface area (Å²) in [5.74, 6) is 1.49. The molecule has 2 N–H and O–H groups in total. The molecule has 2 fully saturated rings. The molecule has 2 aliphatic rings. The molecule has 2 nitrogen and oxygen atoms in total. The van der Waals surface area contributed by atoms with Crippen molar-refractivity contribution in [3.8, 4) is 0 Å². The SMILES string of the molecule is Cc1cccc(C2CC(N)CN(C3CCC3C)C2)c1. The van der Waals surface area contributed by atoms with Gasteiger partial charge >= 0.3 is 0 Å². The summed E-state index contributed by atoms with van der Waals surface area (Å²) in [6, 6.07) is 10.1. The summed E-state index contributed by atoms with van der Waals surface area (Å²) in [5.41, 5.74) is 9.15. The molecule has 4 unspecified atom stereocenters. The van der Waals surface area contributed by atoms with Crippen LogP contribution in [-0.2, 0) is 0 Å². The topological polar surface area (TPSA) is 29.3 Å². The Bertz CT molecular complexity index is 443. The highest BCUT2D eigenvalue weighted by atomic mass is 15.2. The van der Waals surface area contributed by atoms with Crippen LogP contribution in [0.2, 0.25) is 0 Å². The number of piperidine rings is 1. The first-order chi connectivity index (χ1) is 9.13. The number of hydrogen-bond donors (Lipinski definition) is 1. The monoisotopic (exact) mass is 258 g/mol. The average molecular weight is 258 g/mol. The van der Waals surface area contributed by atoms with Crippen LogP contribution >= 0.6 is 0 Å². The van der Waals surface area contributed by atoms with E-state index in [9.17, 15) is 0 Å². The highest BCUT2D eigenvalue weighted by Crippen LogP contribution is 2.36. The van der Waals surface area contributed by atoms with Crippen molar-refractivity contribution in [2.75, 3.05) is 13.1 Å². The van der Waals surface area contributed by atoms with Crippen molar-refractivity contribution in [3.05, 3.63) is 35.4 Å². The molecular weight excluding hydrogens is 232 g/mol. The van der Waals surface area contributed by atoms with Crippen molar-refractivity contribution in [1.29, 1.82) is 0 Å². The van der Waals surface area contributed by atoms with Crippen LogP contribution in [0.1, 0.15) is 43.2 Å². The molecule has 2 heteroatoms. The number of rotatable bonds is 2. The number of aryl methyl sites for hydroxylation is 1. The molecule has 0 amide bonds. The summed E-state index contributed by atoms with van der Waals surface area (Å²) < 4.78 is 0. The van der Waals surface area contributed by atoms with Gasteiger partial charge in [0.15, 0.2) is 0 Å². The fourth-order valence-corrected chi connectivity index (χ4v) is 3.80. The maximum atomic E-state index is 6.31. The lowest BCUT2D eigenvalue weighted by Gasteiger charge is -2.48. The molecule has 1 aromatic carbocycles. The highest BCUT2D eigenvalue weighted by molar-refractivity contribution is 5.26. The van der Waals surface area contributed by atoms with E-state index in [2.05, 4.69) is 43.0 Å². The molecule has 19 heavy (non-hydrogen) atoms. The maximum absolute atomic E-state index is 6.31. The van der Waals surface area contributed by atoms with Crippen molar-refractivity contribution in [2.45, 2.75) is 51.1 Å². The van der Waals surface area contributed by atoms with E-state index in [1.165, 1.54) is 30.5 Å². The zero-order chi connectivity index (χ0) is 13.4. The summed E-state index contributed by atoms with van der Waals surface area (Å²) in [6.45, 7) is 6.86. The smallest absolute Gasteiger partial charge is 0.0174 e. The van der Waals surface area contributed by atoms with Gasteiger partial charge < -0.3 is 5.73 Å². The zero-order valence-electron chi connectivity index (χ0n) is 12.2. The second-order valence-corrected chi connectivity index (χ2v) is 6.68. The predicted molar refractivity (Wildman–Crippen MR) is 80.3 cm³/mol. The maximum Gasteiger partial charge on any atom is 0.0174 e. The number of nitrogens with zero attached hydrogens (tertiary/aromatic N) is 1. The van der Waals surface area contributed by atoms with Gasteiger partial charge in [-0.1, -0.05) is 36.8 Å². The van der Waals surface area contributed by atoms with Crippen LogP contribution in [0, 0.1) is 12.8 Å². The minimum absolute atomic E-state index is 0.340. The van der Waals surface area contributed by atoms with E-state index in [0.29, 0.717) is 12.0 Å². The third-order valence-corrected chi connectivity index (χ3v) is 5.07. The van der Waals surface area contributed by atoms with Crippen molar-refractivity contribution in [3.63, 3.8) is 0 Å². The Morgan fingerprint density at radius 2 is 2.05 bits per heavy atom. The first-order valence-corrected chi connectivity index (χ1v) is 7.69. The van der Waals surface area contributed by atoms with Gasteiger partial charge in [0, 0.05) is 25.2 Å². The first kappa shape index (κ1) is 13.1. The Morgan fingerprint density at radius 3 is 2.68 bits per heavy atom. The van der Waals surface area contributed by atoms with E-state index in [-0.39, 0.29) is 0 Å². The van der Waals surface area contributed by atoms with Crippen LogP contribution in [0.5, 0.6) is 0 Å². The van der Waals surface area contributed by atoms with E-state index in [4.69, 9.17) is 5.73 Å². The molecule has 0 radical (unpaired) electrons. The lowest BCUT2D eigenvalue weighted by molar-refractivity contribution is 0.0419. The lowest BCUT2D eigenvalue weighted by atomic mass is 9.77. The van der Waals surface area contributed by atoms with Gasteiger partial charge in [-0.05, 0) is 43.6 Å². The molecule has 1 aliphatic carbocycles. The van der Waals surface area contributed by atoms with E-state index >= 15 is 0 Å². The Morgan fingerprint density at radius 1 is 1.21 bits per heavy atom. The molecule has 1 aliphatic heterocycles. The Kier molecular flexibility index (Phi) is 3.64. The first-order valence-electron chi connectivity index (χ1n) is 7.69. The molecule has 0 aromatic heterocycles. The Labute approximate surface area is 117 Å². The molecule has 0 spiro atoms. The highest BCUT2D eigenvalue weighted by Gasteiger charge is 2.36. The number of benzene rings is 1. The molecule has 0 bridgehead atoms. The molecule has 4 atom stereocenters. The van der Waals surface area contributed by atoms with E-state index in [1.54, 1.807) is 0 Å². The van der Waals surface area contributed by atoms with E-state index in [1.807, 2.05) is 0 Å². The summed E-state index contributed by atoms with van der Waals surface area (Å²) >= 11 is 0. The number of nitrogens with two attached hydrogens (primary N) is 1. The van der Waals surface area contributed by atoms with Crippen molar-refractivity contribution in [1.82, 2.24) is 4.90 Å². The molecule has 1 heterocycles. The minimum atomic E-state index is 0.340. The van der Waals surface area contributed by atoms with Gasteiger partial charge in [-0.3, -0.25) is 4.90 Å². The quantitative estimate of drug-likeness (QED) is 0.884. The second kappa shape index (κ2) is 5.26. The summed E-state index contributed by atoms with van der Waals surface area (Å²) in [5, 5.41) is 0. The largest absolute Gasteiger partial charge is 0.327 e. The standard InChI is InChI=1S/C17H26N2/c1-12-4-3-5-14(8-12)15-9-16(18)11-19(10-15)17-7-6-13(17)2/h3-5,8,13,15-17H,6-7,9-11,18H2,1-2H3. The van der Waals surface area contributed by atoms with Gasteiger partial charge in [0.2, 0.25) is 0 Å². The fourth-order valence-electron chi connectivity index (χ4n) is 3.80. The van der Waals surface area contributed by atoms with Crippen LogP contribution in [0.15, 0.2) is 24.3 Å². The van der Waals surface area contributed by atoms with Crippen LogP contribution in [0.3, 0.4) is 0 Å². The molecule has 1 saturated heterocycles. The molecule has 1 saturated carbocycles. The van der Waals surface area contributed by atoms with Gasteiger partial charge in [0.05, 0.1) is 0 Å². The van der Waals surface area contributed by atoms with Gasteiger partial charge in [0.1, 0.15) is 0 Å². The Hall–Kier alpha value is -0.860. The van der Waals surface area contributed by atoms with Gasteiger partial charge in [-0.25, -0.2) is 0 Å². The van der Waals surface area contributed by atoms with Crippen LogP contribution < -0.4 is 5.73 Å². The van der Waals surface area contributed by atoms with E-state index in [0.717, 1.165) is 24.9 Å². The van der Waals surface area contributed by atoms with Crippen LogP contribution in [0.25, 0.3) is 0 Å². The summed E-state index contributed by atoms with van der Waals surface area (Å²) in [6.07, 6.45) is 3.90.